The van der Waals surface area contributed by atoms with E-state index in [2.05, 4.69) is 10.6 Å². The molecule has 6 heteroatoms. The fourth-order valence-corrected chi connectivity index (χ4v) is 3.57. The van der Waals surface area contributed by atoms with Crippen LogP contribution in [0, 0.1) is 12.8 Å². The minimum Gasteiger partial charge on any atom is -0.342 e. The highest BCUT2D eigenvalue weighted by molar-refractivity contribution is 5.95. The molecule has 0 aliphatic carbocycles. The molecule has 2 aromatic carbocycles. The Morgan fingerprint density at radius 2 is 1.83 bits per heavy atom. The van der Waals surface area contributed by atoms with Crippen LogP contribution >= 0.6 is 0 Å². The first-order valence-corrected chi connectivity index (χ1v) is 9.93. The zero-order chi connectivity index (χ0) is 20.8. The van der Waals surface area contributed by atoms with Crippen LogP contribution in [-0.2, 0) is 20.8 Å². The number of nitrogens with zero attached hydrogens (tertiary/aromatic N) is 1. The summed E-state index contributed by atoms with van der Waals surface area (Å²) in [4.78, 5) is 38.5. The van der Waals surface area contributed by atoms with Gasteiger partial charge in [-0.15, -0.1) is 0 Å². The van der Waals surface area contributed by atoms with Crippen LogP contribution in [0.4, 0.5) is 11.4 Å². The minimum atomic E-state index is -0.242. The Labute approximate surface area is 171 Å². The van der Waals surface area contributed by atoms with Gasteiger partial charge in [-0.05, 0) is 43.0 Å². The molecule has 0 bridgehead atoms. The summed E-state index contributed by atoms with van der Waals surface area (Å²) in [7, 11) is 0. The molecule has 1 fully saturated rings. The quantitative estimate of drug-likeness (QED) is 0.817. The summed E-state index contributed by atoms with van der Waals surface area (Å²) in [5.74, 6) is -0.442. The molecule has 1 heterocycles. The number of carbonyl (C=O) groups excluding carboxylic acids is 3. The summed E-state index contributed by atoms with van der Waals surface area (Å²) in [6.45, 7) is 4.47. The van der Waals surface area contributed by atoms with Crippen molar-refractivity contribution in [2.45, 2.75) is 33.1 Å². The summed E-state index contributed by atoms with van der Waals surface area (Å²) in [6.07, 6.45) is 1.92. The van der Waals surface area contributed by atoms with Gasteiger partial charge < -0.3 is 15.5 Å². The molecule has 3 amide bonds. The van der Waals surface area contributed by atoms with E-state index in [4.69, 9.17) is 0 Å². The molecular weight excluding hydrogens is 366 g/mol. The average Bonchev–Trinajstić information content (AvgIpc) is 2.71. The summed E-state index contributed by atoms with van der Waals surface area (Å²) < 4.78 is 0. The van der Waals surface area contributed by atoms with Crippen LogP contribution in [0.3, 0.4) is 0 Å². The van der Waals surface area contributed by atoms with E-state index in [1.165, 1.54) is 6.92 Å². The highest BCUT2D eigenvalue weighted by atomic mass is 16.2. The Kier molecular flexibility index (Phi) is 6.65. The number of carbonyl (C=O) groups is 3. The normalized spacial score (nSPS) is 16.2. The molecule has 29 heavy (non-hydrogen) atoms. The molecule has 3 rings (SSSR count). The molecule has 1 aliphatic rings. The van der Waals surface area contributed by atoms with Gasteiger partial charge in [-0.25, -0.2) is 0 Å². The van der Waals surface area contributed by atoms with Crippen molar-refractivity contribution in [2.75, 3.05) is 23.7 Å². The number of amides is 3. The number of likely N-dealkylation sites (tertiary alicyclic amines) is 1. The van der Waals surface area contributed by atoms with Gasteiger partial charge in [0.25, 0.3) is 0 Å². The van der Waals surface area contributed by atoms with Crippen LogP contribution in [-0.4, -0.2) is 35.7 Å². The van der Waals surface area contributed by atoms with Crippen molar-refractivity contribution in [1.29, 1.82) is 0 Å². The Hall–Kier alpha value is -3.15. The van der Waals surface area contributed by atoms with Crippen LogP contribution in [0.5, 0.6) is 0 Å². The van der Waals surface area contributed by atoms with E-state index in [9.17, 15) is 14.4 Å². The topological polar surface area (TPSA) is 78.5 Å². The molecule has 0 spiro atoms. The molecular formula is C23H27N3O3. The van der Waals surface area contributed by atoms with Gasteiger partial charge in [0.2, 0.25) is 17.7 Å². The third-order valence-corrected chi connectivity index (χ3v) is 5.16. The SMILES string of the molecule is CC(=O)Nc1cc(NC(=O)C2CCCN(C(=O)Cc3ccccc3)C2)ccc1C. The second-order valence-corrected chi connectivity index (χ2v) is 7.54. The van der Waals surface area contributed by atoms with Crippen LogP contribution < -0.4 is 10.6 Å². The predicted molar refractivity (Wildman–Crippen MR) is 114 cm³/mol. The van der Waals surface area contributed by atoms with Gasteiger partial charge in [0.1, 0.15) is 0 Å². The molecule has 0 saturated carbocycles. The second kappa shape index (κ2) is 9.37. The van der Waals surface area contributed by atoms with E-state index in [-0.39, 0.29) is 23.6 Å². The van der Waals surface area contributed by atoms with Crippen molar-refractivity contribution >= 4 is 29.1 Å². The van der Waals surface area contributed by atoms with E-state index in [1.54, 1.807) is 11.0 Å². The molecule has 0 radical (unpaired) electrons. The lowest BCUT2D eigenvalue weighted by atomic mass is 9.96. The van der Waals surface area contributed by atoms with E-state index in [0.29, 0.717) is 30.9 Å². The van der Waals surface area contributed by atoms with E-state index in [0.717, 1.165) is 24.0 Å². The lowest BCUT2D eigenvalue weighted by Crippen LogP contribution is -2.44. The molecule has 1 unspecified atom stereocenters. The number of piperidine rings is 1. The molecule has 2 N–H and O–H groups in total. The summed E-state index contributed by atoms with van der Waals surface area (Å²) >= 11 is 0. The van der Waals surface area contributed by atoms with Crippen molar-refractivity contribution in [3.8, 4) is 0 Å². The zero-order valence-corrected chi connectivity index (χ0v) is 16.9. The number of hydrogen-bond acceptors (Lipinski definition) is 3. The minimum absolute atomic E-state index is 0.0528. The molecule has 152 valence electrons. The molecule has 6 nitrogen and oxygen atoms in total. The van der Waals surface area contributed by atoms with Crippen molar-refractivity contribution < 1.29 is 14.4 Å². The van der Waals surface area contributed by atoms with Crippen LogP contribution in [0.15, 0.2) is 48.5 Å². The first-order chi connectivity index (χ1) is 13.9. The second-order valence-electron chi connectivity index (χ2n) is 7.54. The fourth-order valence-electron chi connectivity index (χ4n) is 3.57. The van der Waals surface area contributed by atoms with Gasteiger partial charge >= 0.3 is 0 Å². The monoisotopic (exact) mass is 393 g/mol. The molecule has 1 aliphatic heterocycles. The fraction of sp³-hybridized carbons (Fsp3) is 0.348. The molecule has 2 aromatic rings. The van der Waals surface area contributed by atoms with Crippen molar-refractivity contribution in [3.05, 3.63) is 59.7 Å². The molecule has 0 aromatic heterocycles. The van der Waals surface area contributed by atoms with Crippen molar-refractivity contribution in [2.24, 2.45) is 5.92 Å². The maximum Gasteiger partial charge on any atom is 0.229 e. The van der Waals surface area contributed by atoms with Crippen LogP contribution in [0.2, 0.25) is 0 Å². The van der Waals surface area contributed by atoms with Crippen molar-refractivity contribution in [3.63, 3.8) is 0 Å². The average molecular weight is 393 g/mol. The summed E-state index contributed by atoms with van der Waals surface area (Å²) in [5, 5.41) is 5.70. The molecule has 1 saturated heterocycles. The van der Waals surface area contributed by atoms with Gasteiger partial charge in [0, 0.05) is 31.4 Å². The van der Waals surface area contributed by atoms with Crippen LogP contribution in [0.25, 0.3) is 0 Å². The number of hydrogen-bond donors (Lipinski definition) is 2. The lowest BCUT2D eigenvalue weighted by molar-refractivity contribution is -0.134. The largest absolute Gasteiger partial charge is 0.342 e. The number of rotatable bonds is 5. The Balaban J connectivity index is 1.61. The van der Waals surface area contributed by atoms with E-state index < -0.39 is 0 Å². The highest BCUT2D eigenvalue weighted by Crippen LogP contribution is 2.23. The van der Waals surface area contributed by atoms with Crippen LogP contribution in [0.1, 0.15) is 30.9 Å². The maximum absolute atomic E-state index is 12.8. The standard InChI is InChI=1S/C23H27N3O3/c1-16-10-11-20(14-21(16)24-17(2)27)25-23(29)19-9-6-12-26(15-19)22(28)13-18-7-4-3-5-8-18/h3-5,7-8,10-11,14,19H,6,9,12-13,15H2,1-2H3,(H,24,27)(H,25,29). The maximum atomic E-state index is 12.8. The third-order valence-electron chi connectivity index (χ3n) is 5.16. The number of benzene rings is 2. The Morgan fingerprint density at radius 1 is 1.07 bits per heavy atom. The van der Waals surface area contributed by atoms with Gasteiger partial charge in [-0.1, -0.05) is 36.4 Å². The first kappa shape index (κ1) is 20.6. The van der Waals surface area contributed by atoms with Gasteiger partial charge in [-0.2, -0.15) is 0 Å². The van der Waals surface area contributed by atoms with E-state index >= 15 is 0 Å². The van der Waals surface area contributed by atoms with Gasteiger partial charge in [-0.3, -0.25) is 14.4 Å². The number of anilines is 2. The smallest absolute Gasteiger partial charge is 0.229 e. The Bertz CT molecular complexity index is 895. The first-order valence-electron chi connectivity index (χ1n) is 9.93. The molecule has 1 atom stereocenters. The number of nitrogens with one attached hydrogen (secondary N) is 2. The van der Waals surface area contributed by atoms with Gasteiger partial charge in [0.05, 0.1) is 12.3 Å². The number of aryl methyl sites for hydroxylation is 1. The summed E-state index contributed by atoms with van der Waals surface area (Å²) in [6, 6.07) is 15.1. The van der Waals surface area contributed by atoms with E-state index in [1.807, 2.05) is 49.4 Å². The zero-order valence-electron chi connectivity index (χ0n) is 16.9. The third kappa shape index (κ3) is 5.67. The van der Waals surface area contributed by atoms with Gasteiger partial charge in [0.15, 0.2) is 0 Å². The summed E-state index contributed by atoms with van der Waals surface area (Å²) in [5.41, 5.74) is 3.22. The van der Waals surface area contributed by atoms with Crippen molar-refractivity contribution in [1.82, 2.24) is 4.90 Å². The lowest BCUT2D eigenvalue weighted by Gasteiger charge is -2.32. The Morgan fingerprint density at radius 3 is 2.55 bits per heavy atom. The highest BCUT2D eigenvalue weighted by Gasteiger charge is 2.28. The predicted octanol–water partition coefficient (Wildman–Crippen LogP) is 3.37.